The number of nitrogens with zero attached hydrogens (tertiary/aromatic N) is 6. The molecule has 0 amide bonds. The van der Waals surface area contributed by atoms with E-state index in [9.17, 15) is 0 Å². The summed E-state index contributed by atoms with van der Waals surface area (Å²) < 4.78 is 12.4. The van der Waals surface area contributed by atoms with Gasteiger partial charge < -0.3 is 14.4 Å². The Morgan fingerprint density at radius 3 is 2.81 bits per heavy atom. The lowest BCUT2D eigenvalue weighted by molar-refractivity contribution is 0.353. The Morgan fingerprint density at radius 2 is 2.08 bits per heavy atom. The van der Waals surface area contributed by atoms with Crippen molar-refractivity contribution in [1.82, 2.24) is 24.6 Å². The van der Waals surface area contributed by atoms with Crippen molar-refractivity contribution in [3.05, 3.63) is 24.7 Å². The van der Waals surface area contributed by atoms with Crippen LogP contribution in [0.5, 0.6) is 11.9 Å². The van der Waals surface area contributed by atoms with Crippen molar-refractivity contribution in [2.75, 3.05) is 25.7 Å². The number of piperidine rings is 1. The first-order valence-corrected chi connectivity index (χ1v) is 8.83. The fourth-order valence-corrected chi connectivity index (χ4v) is 4.24. The highest BCUT2D eigenvalue weighted by atomic mass is 16.5. The second kappa shape index (κ2) is 5.82. The van der Waals surface area contributed by atoms with Crippen molar-refractivity contribution in [2.45, 2.75) is 25.3 Å². The molecule has 2 atom stereocenters. The van der Waals surface area contributed by atoms with Gasteiger partial charge in [0.15, 0.2) is 5.65 Å². The maximum absolute atomic E-state index is 5.44. The molecule has 3 aromatic heterocycles. The molecule has 0 aromatic carbocycles. The Labute approximate surface area is 150 Å². The fraction of sp³-hybridized carbons (Fsp3) is 0.444. The van der Waals surface area contributed by atoms with E-state index in [0.717, 1.165) is 35.1 Å². The Morgan fingerprint density at radius 1 is 1.15 bits per heavy atom. The van der Waals surface area contributed by atoms with Crippen LogP contribution in [0.2, 0.25) is 0 Å². The van der Waals surface area contributed by atoms with Crippen molar-refractivity contribution in [2.24, 2.45) is 5.92 Å². The van der Waals surface area contributed by atoms with Crippen LogP contribution in [0, 0.1) is 5.92 Å². The monoisotopic (exact) mass is 352 g/mol. The van der Waals surface area contributed by atoms with E-state index in [1.807, 2.05) is 10.7 Å². The molecule has 1 unspecified atom stereocenters. The van der Waals surface area contributed by atoms with E-state index >= 15 is 0 Å². The van der Waals surface area contributed by atoms with Gasteiger partial charge in [0.2, 0.25) is 5.88 Å². The van der Waals surface area contributed by atoms with E-state index in [2.05, 4.69) is 25.9 Å². The van der Waals surface area contributed by atoms with Gasteiger partial charge in [0.25, 0.3) is 0 Å². The standard InChI is InChI=1S/C18H20N6O2/c1-25-17-13(9-20-18(21-17)26-2)14-8-15(16-19-5-6-24(16)22-14)23-10-11-3-4-12(23)7-11/h5-6,8-9,11-12H,3-4,7,10H2,1-2H3/t11-,12?/m0/s1. The van der Waals surface area contributed by atoms with Gasteiger partial charge in [0.1, 0.15) is 5.69 Å². The van der Waals surface area contributed by atoms with E-state index in [-0.39, 0.29) is 6.01 Å². The molecule has 8 nitrogen and oxygen atoms in total. The summed E-state index contributed by atoms with van der Waals surface area (Å²) in [6.07, 6.45) is 9.21. The van der Waals surface area contributed by atoms with Crippen molar-refractivity contribution in [1.29, 1.82) is 0 Å². The fourth-order valence-electron chi connectivity index (χ4n) is 4.24. The molecule has 2 bridgehead atoms. The van der Waals surface area contributed by atoms with E-state index in [1.165, 1.54) is 26.4 Å². The van der Waals surface area contributed by atoms with E-state index in [4.69, 9.17) is 14.6 Å². The third kappa shape index (κ3) is 2.28. The summed E-state index contributed by atoms with van der Waals surface area (Å²) in [5.41, 5.74) is 3.49. The van der Waals surface area contributed by atoms with Gasteiger partial charge in [-0.2, -0.15) is 10.1 Å². The van der Waals surface area contributed by atoms with Gasteiger partial charge in [-0.25, -0.2) is 14.5 Å². The Balaban J connectivity index is 1.65. The quantitative estimate of drug-likeness (QED) is 0.712. The molecule has 134 valence electrons. The average molecular weight is 352 g/mol. The number of methoxy groups -OCH3 is 2. The number of hydrogen-bond acceptors (Lipinski definition) is 7. The number of imidazole rings is 1. The average Bonchev–Trinajstić information content (AvgIpc) is 3.42. The molecule has 1 saturated carbocycles. The van der Waals surface area contributed by atoms with Crippen molar-refractivity contribution in [3.8, 4) is 23.1 Å². The minimum Gasteiger partial charge on any atom is -0.480 e. The lowest BCUT2D eigenvalue weighted by atomic mass is 10.1. The molecule has 1 aliphatic heterocycles. The van der Waals surface area contributed by atoms with Gasteiger partial charge in [0.05, 0.1) is 25.5 Å². The first-order chi connectivity index (χ1) is 12.8. The Bertz CT molecular complexity index is 971. The van der Waals surface area contributed by atoms with E-state index in [1.54, 1.807) is 19.5 Å². The minimum atomic E-state index is 0.270. The van der Waals surface area contributed by atoms with Crippen molar-refractivity contribution in [3.63, 3.8) is 0 Å². The summed E-state index contributed by atoms with van der Waals surface area (Å²) in [7, 11) is 3.12. The molecule has 4 heterocycles. The zero-order valence-corrected chi connectivity index (χ0v) is 14.8. The molecule has 2 fully saturated rings. The summed E-state index contributed by atoms with van der Waals surface area (Å²) in [5, 5.41) is 4.69. The third-order valence-electron chi connectivity index (χ3n) is 5.44. The predicted octanol–water partition coefficient (Wildman–Crippen LogP) is 2.19. The zero-order valence-electron chi connectivity index (χ0n) is 14.8. The molecule has 1 saturated heterocycles. The summed E-state index contributed by atoms with van der Waals surface area (Å²) >= 11 is 0. The smallest absolute Gasteiger partial charge is 0.319 e. The van der Waals surface area contributed by atoms with Gasteiger partial charge in [-0.05, 0) is 31.2 Å². The SMILES string of the molecule is COc1ncc(-c2cc(N3C[C@H]4CCC3C4)c3nccn3n2)c(OC)n1. The van der Waals surface area contributed by atoms with Gasteiger partial charge in [0, 0.05) is 31.2 Å². The first kappa shape index (κ1) is 15.4. The number of hydrogen-bond donors (Lipinski definition) is 0. The maximum Gasteiger partial charge on any atom is 0.319 e. The molecule has 5 rings (SSSR count). The van der Waals surface area contributed by atoms with Gasteiger partial charge >= 0.3 is 6.01 Å². The Hall–Kier alpha value is -2.90. The predicted molar refractivity (Wildman–Crippen MR) is 95.6 cm³/mol. The van der Waals surface area contributed by atoms with Gasteiger partial charge in [-0.1, -0.05) is 0 Å². The number of aromatic nitrogens is 5. The molecule has 26 heavy (non-hydrogen) atoms. The van der Waals surface area contributed by atoms with E-state index in [0.29, 0.717) is 11.9 Å². The lowest BCUT2D eigenvalue weighted by Gasteiger charge is -2.29. The highest BCUT2D eigenvalue weighted by molar-refractivity contribution is 5.76. The van der Waals surface area contributed by atoms with Crippen molar-refractivity contribution < 1.29 is 9.47 Å². The number of fused-ring (bicyclic) bond motifs is 3. The van der Waals surface area contributed by atoms with Crippen LogP contribution in [0.15, 0.2) is 24.7 Å². The van der Waals surface area contributed by atoms with Crippen LogP contribution in [0.1, 0.15) is 19.3 Å². The second-order valence-electron chi connectivity index (χ2n) is 6.88. The van der Waals surface area contributed by atoms with Crippen LogP contribution in [-0.2, 0) is 0 Å². The van der Waals surface area contributed by atoms with E-state index < -0.39 is 0 Å². The molecule has 0 N–H and O–H groups in total. The molecule has 0 radical (unpaired) electrons. The molecular weight excluding hydrogens is 332 g/mol. The molecule has 0 spiro atoms. The highest BCUT2D eigenvalue weighted by Gasteiger charge is 2.39. The zero-order chi connectivity index (χ0) is 17.7. The van der Waals surface area contributed by atoms with Crippen LogP contribution < -0.4 is 14.4 Å². The lowest BCUT2D eigenvalue weighted by Crippen LogP contribution is -2.32. The van der Waals surface area contributed by atoms with Gasteiger partial charge in [-0.15, -0.1) is 0 Å². The van der Waals surface area contributed by atoms with Crippen LogP contribution in [-0.4, -0.2) is 51.4 Å². The second-order valence-corrected chi connectivity index (χ2v) is 6.88. The molecule has 3 aromatic rings. The Kier molecular flexibility index (Phi) is 3.44. The number of ether oxygens (including phenoxy) is 2. The van der Waals surface area contributed by atoms with Crippen LogP contribution >= 0.6 is 0 Å². The largest absolute Gasteiger partial charge is 0.480 e. The van der Waals surface area contributed by atoms with Crippen molar-refractivity contribution >= 4 is 11.3 Å². The molecule has 8 heteroatoms. The maximum atomic E-state index is 5.44. The van der Waals surface area contributed by atoms with Crippen LogP contribution in [0.4, 0.5) is 5.69 Å². The molecular formula is C18H20N6O2. The molecule has 2 aliphatic rings. The summed E-state index contributed by atoms with van der Waals surface area (Å²) in [5.74, 6) is 1.24. The topological polar surface area (TPSA) is 77.7 Å². The normalized spacial score (nSPS) is 21.5. The third-order valence-corrected chi connectivity index (χ3v) is 5.44. The van der Waals surface area contributed by atoms with Gasteiger partial charge in [-0.3, -0.25) is 0 Å². The summed E-state index contributed by atoms with van der Waals surface area (Å²) in [6.45, 7) is 1.09. The summed E-state index contributed by atoms with van der Waals surface area (Å²) in [6, 6.07) is 2.95. The highest BCUT2D eigenvalue weighted by Crippen LogP contribution is 2.42. The number of rotatable bonds is 4. The minimum absolute atomic E-state index is 0.270. The first-order valence-electron chi connectivity index (χ1n) is 8.83. The number of anilines is 1. The van der Waals surface area contributed by atoms with Crippen LogP contribution in [0.25, 0.3) is 16.9 Å². The van der Waals surface area contributed by atoms with Crippen LogP contribution in [0.3, 0.4) is 0 Å². The molecule has 1 aliphatic carbocycles. The summed E-state index contributed by atoms with van der Waals surface area (Å²) in [4.78, 5) is 15.5.